The first-order valence-electron chi connectivity index (χ1n) is 7.62. The molecule has 1 heterocycles. The van der Waals surface area contributed by atoms with Crippen LogP contribution in [0.1, 0.15) is 24.8 Å². The molecule has 1 N–H and O–H groups in total. The van der Waals surface area contributed by atoms with Crippen molar-refractivity contribution in [3.8, 4) is 0 Å². The number of hydrogen-bond donors (Lipinski definition) is 1. The molecule has 2 aromatic carbocycles. The molecule has 1 saturated carbocycles. The van der Waals surface area contributed by atoms with Gasteiger partial charge in [-0.25, -0.2) is 0 Å². The molecule has 3 heteroatoms. The maximum absolute atomic E-state index is 12.9. The predicted molar refractivity (Wildman–Crippen MR) is 92.4 cm³/mol. The van der Waals surface area contributed by atoms with E-state index in [1.54, 1.807) is 11.3 Å². The maximum atomic E-state index is 12.9. The largest absolute Gasteiger partial charge is 0.325 e. The molecular formula is C19H17NOS. The van der Waals surface area contributed by atoms with Gasteiger partial charge in [0, 0.05) is 10.4 Å². The van der Waals surface area contributed by atoms with Crippen molar-refractivity contribution in [1.29, 1.82) is 0 Å². The van der Waals surface area contributed by atoms with E-state index in [9.17, 15) is 4.79 Å². The van der Waals surface area contributed by atoms with Gasteiger partial charge in [-0.3, -0.25) is 4.79 Å². The SMILES string of the molecule is O=C(Nc1ccc2sccc2c1)C1(c2ccccc2)CCC1. The van der Waals surface area contributed by atoms with Crippen LogP contribution in [-0.2, 0) is 10.2 Å². The zero-order chi connectivity index (χ0) is 15.0. The first-order chi connectivity index (χ1) is 10.8. The van der Waals surface area contributed by atoms with E-state index in [4.69, 9.17) is 0 Å². The highest BCUT2D eigenvalue weighted by Gasteiger charge is 2.45. The number of rotatable bonds is 3. The van der Waals surface area contributed by atoms with Crippen molar-refractivity contribution in [2.45, 2.75) is 24.7 Å². The third-order valence-corrected chi connectivity index (χ3v) is 5.58. The monoisotopic (exact) mass is 307 g/mol. The van der Waals surface area contributed by atoms with E-state index in [1.165, 1.54) is 10.1 Å². The molecule has 0 unspecified atom stereocenters. The van der Waals surface area contributed by atoms with Crippen molar-refractivity contribution < 1.29 is 4.79 Å². The molecule has 1 aromatic heterocycles. The second kappa shape index (κ2) is 5.25. The highest BCUT2D eigenvalue weighted by Crippen LogP contribution is 2.44. The Balaban J connectivity index is 1.63. The van der Waals surface area contributed by atoms with Crippen LogP contribution in [0.3, 0.4) is 0 Å². The lowest BCUT2D eigenvalue weighted by molar-refractivity contribution is -0.124. The Morgan fingerprint density at radius 2 is 1.86 bits per heavy atom. The van der Waals surface area contributed by atoms with E-state index in [-0.39, 0.29) is 11.3 Å². The fourth-order valence-electron chi connectivity index (χ4n) is 3.23. The minimum Gasteiger partial charge on any atom is -0.325 e. The topological polar surface area (TPSA) is 29.1 Å². The second-order valence-corrected chi connectivity index (χ2v) is 6.88. The molecule has 0 bridgehead atoms. The third kappa shape index (κ3) is 2.13. The minimum absolute atomic E-state index is 0.125. The van der Waals surface area contributed by atoms with Crippen LogP contribution >= 0.6 is 11.3 Å². The van der Waals surface area contributed by atoms with Gasteiger partial charge in [0.05, 0.1) is 5.41 Å². The molecule has 0 atom stereocenters. The fourth-order valence-corrected chi connectivity index (χ4v) is 4.00. The molecule has 0 saturated heterocycles. The lowest BCUT2D eigenvalue weighted by Gasteiger charge is -2.40. The molecular weight excluding hydrogens is 290 g/mol. The third-order valence-electron chi connectivity index (χ3n) is 4.68. The summed E-state index contributed by atoms with van der Waals surface area (Å²) in [5.41, 5.74) is 1.68. The van der Waals surface area contributed by atoms with Crippen LogP contribution in [0.5, 0.6) is 0 Å². The average molecular weight is 307 g/mol. The molecule has 0 aliphatic heterocycles. The molecule has 1 fully saturated rings. The number of nitrogens with one attached hydrogen (secondary N) is 1. The normalized spacial score (nSPS) is 16.2. The summed E-state index contributed by atoms with van der Waals surface area (Å²) < 4.78 is 1.25. The van der Waals surface area contributed by atoms with Gasteiger partial charge < -0.3 is 5.32 Å². The number of anilines is 1. The Morgan fingerprint density at radius 3 is 2.59 bits per heavy atom. The van der Waals surface area contributed by atoms with Gasteiger partial charge in [-0.05, 0) is 53.4 Å². The number of hydrogen-bond acceptors (Lipinski definition) is 2. The van der Waals surface area contributed by atoms with Gasteiger partial charge >= 0.3 is 0 Å². The Kier molecular flexibility index (Phi) is 3.23. The Hall–Kier alpha value is -2.13. The first-order valence-corrected chi connectivity index (χ1v) is 8.50. The first kappa shape index (κ1) is 13.5. The summed E-state index contributed by atoms with van der Waals surface area (Å²) >= 11 is 1.72. The molecule has 22 heavy (non-hydrogen) atoms. The van der Waals surface area contributed by atoms with E-state index in [2.05, 4.69) is 41.0 Å². The van der Waals surface area contributed by atoms with E-state index < -0.39 is 0 Å². The number of carbonyl (C=O) groups is 1. The van der Waals surface area contributed by atoms with Crippen molar-refractivity contribution in [2.75, 3.05) is 5.32 Å². The van der Waals surface area contributed by atoms with Crippen LogP contribution in [0.4, 0.5) is 5.69 Å². The van der Waals surface area contributed by atoms with E-state index >= 15 is 0 Å². The van der Waals surface area contributed by atoms with Crippen LogP contribution in [-0.4, -0.2) is 5.91 Å². The Labute approximate surface area is 133 Å². The van der Waals surface area contributed by atoms with Gasteiger partial charge in [0.1, 0.15) is 0 Å². The van der Waals surface area contributed by atoms with Gasteiger partial charge in [0.25, 0.3) is 0 Å². The van der Waals surface area contributed by atoms with Crippen molar-refractivity contribution >= 4 is 33.0 Å². The summed E-state index contributed by atoms with van der Waals surface area (Å²) in [4.78, 5) is 12.9. The van der Waals surface area contributed by atoms with Gasteiger partial charge in [-0.15, -0.1) is 11.3 Å². The molecule has 4 rings (SSSR count). The average Bonchev–Trinajstić information content (AvgIpc) is 2.95. The summed E-state index contributed by atoms with van der Waals surface area (Å²) in [5, 5.41) is 6.39. The van der Waals surface area contributed by atoms with E-state index in [1.807, 2.05) is 24.3 Å². The van der Waals surface area contributed by atoms with Crippen LogP contribution in [0.25, 0.3) is 10.1 Å². The molecule has 3 aromatic rings. The van der Waals surface area contributed by atoms with Crippen molar-refractivity contribution in [3.05, 3.63) is 65.5 Å². The van der Waals surface area contributed by atoms with E-state index in [0.717, 1.165) is 30.5 Å². The molecule has 1 aliphatic carbocycles. The Bertz CT molecular complexity index is 818. The Morgan fingerprint density at radius 1 is 1.05 bits per heavy atom. The lowest BCUT2D eigenvalue weighted by atomic mass is 9.64. The highest BCUT2D eigenvalue weighted by molar-refractivity contribution is 7.17. The number of thiophene rings is 1. The van der Waals surface area contributed by atoms with Gasteiger partial charge in [0.15, 0.2) is 0 Å². The standard InChI is InChI=1S/C19H17NOS/c21-18(19(10-4-11-19)15-5-2-1-3-6-15)20-16-7-8-17-14(13-16)9-12-22-17/h1-3,5-9,12-13H,4,10-11H2,(H,20,21). The summed E-state index contributed by atoms with van der Waals surface area (Å²) in [5.74, 6) is 0.125. The quantitative estimate of drug-likeness (QED) is 0.728. The second-order valence-electron chi connectivity index (χ2n) is 5.93. The highest BCUT2D eigenvalue weighted by atomic mass is 32.1. The molecule has 2 nitrogen and oxygen atoms in total. The fraction of sp³-hybridized carbons (Fsp3) is 0.211. The van der Waals surface area contributed by atoms with Crippen molar-refractivity contribution in [2.24, 2.45) is 0 Å². The number of benzene rings is 2. The molecule has 1 amide bonds. The zero-order valence-electron chi connectivity index (χ0n) is 12.2. The van der Waals surface area contributed by atoms with Crippen molar-refractivity contribution in [1.82, 2.24) is 0 Å². The number of carbonyl (C=O) groups excluding carboxylic acids is 1. The summed E-state index contributed by atoms with van der Waals surface area (Å²) in [6.07, 6.45) is 2.99. The smallest absolute Gasteiger partial charge is 0.235 e. The maximum Gasteiger partial charge on any atom is 0.235 e. The predicted octanol–water partition coefficient (Wildman–Crippen LogP) is 4.96. The molecule has 1 aliphatic rings. The van der Waals surface area contributed by atoms with Crippen molar-refractivity contribution in [3.63, 3.8) is 0 Å². The number of fused-ring (bicyclic) bond motifs is 1. The van der Waals surface area contributed by atoms with Gasteiger partial charge in [-0.2, -0.15) is 0 Å². The molecule has 0 spiro atoms. The summed E-state index contributed by atoms with van der Waals surface area (Å²) in [7, 11) is 0. The number of amides is 1. The van der Waals surface area contributed by atoms with Crippen LogP contribution < -0.4 is 5.32 Å². The van der Waals surface area contributed by atoms with Gasteiger partial charge in [0.2, 0.25) is 5.91 Å². The lowest BCUT2D eigenvalue weighted by Crippen LogP contribution is -2.45. The van der Waals surface area contributed by atoms with Gasteiger partial charge in [-0.1, -0.05) is 36.8 Å². The summed E-state index contributed by atoms with van der Waals surface area (Å²) in [6, 6.07) is 18.4. The summed E-state index contributed by atoms with van der Waals surface area (Å²) in [6.45, 7) is 0. The zero-order valence-corrected chi connectivity index (χ0v) is 13.0. The van der Waals surface area contributed by atoms with Crippen LogP contribution in [0.2, 0.25) is 0 Å². The molecule has 0 radical (unpaired) electrons. The van der Waals surface area contributed by atoms with Crippen LogP contribution in [0, 0.1) is 0 Å². The molecule has 110 valence electrons. The minimum atomic E-state index is -0.342. The van der Waals surface area contributed by atoms with E-state index in [0.29, 0.717) is 0 Å². The van der Waals surface area contributed by atoms with Crippen LogP contribution in [0.15, 0.2) is 60.0 Å².